The van der Waals surface area contributed by atoms with Crippen LogP contribution in [0.1, 0.15) is 136 Å². The number of ether oxygens (including phenoxy) is 1. The van der Waals surface area contributed by atoms with Crippen molar-refractivity contribution in [2.75, 3.05) is 0 Å². The first-order valence-electron chi connectivity index (χ1n) is 12.7. The summed E-state index contributed by atoms with van der Waals surface area (Å²) in [5.74, 6) is -1.69. The van der Waals surface area contributed by atoms with Crippen LogP contribution in [0.5, 0.6) is 0 Å². The number of carboxylic acids is 1. The molecule has 0 fully saturated rings. The molecular weight excluding hydrogens is 376 g/mol. The van der Waals surface area contributed by atoms with Gasteiger partial charge in [-0.1, -0.05) is 117 Å². The van der Waals surface area contributed by atoms with E-state index in [1.54, 1.807) is 0 Å². The van der Waals surface area contributed by atoms with E-state index in [0.717, 1.165) is 31.4 Å². The van der Waals surface area contributed by atoms with Gasteiger partial charge in [0.1, 0.15) is 6.10 Å². The molecule has 0 radical (unpaired) electrons. The Balaban J connectivity index is 3.37. The van der Waals surface area contributed by atoms with Gasteiger partial charge in [-0.25, -0.2) is 9.59 Å². The Morgan fingerprint density at radius 1 is 0.667 bits per heavy atom. The average Bonchev–Trinajstić information content (AvgIpc) is 2.73. The molecule has 30 heavy (non-hydrogen) atoms. The van der Waals surface area contributed by atoms with E-state index in [2.05, 4.69) is 6.92 Å². The van der Waals surface area contributed by atoms with Crippen LogP contribution in [0.25, 0.3) is 0 Å². The smallest absolute Gasteiger partial charge is 0.331 e. The first kappa shape index (κ1) is 28.7. The summed E-state index contributed by atoms with van der Waals surface area (Å²) in [6.07, 6.45) is 26.3. The quantitative estimate of drug-likeness (QED) is 0.109. The Labute approximate surface area is 185 Å². The van der Waals surface area contributed by atoms with Crippen molar-refractivity contribution in [3.63, 3.8) is 0 Å². The Bertz CT molecular complexity index is 431. The first-order valence-corrected chi connectivity index (χ1v) is 12.7. The first-order chi connectivity index (χ1) is 14.6. The summed E-state index contributed by atoms with van der Waals surface area (Å²) in [4.78, 5) is 21.9. The van der Waals surface area contributed by atoms with Crippen LogP contribution in [0.15, 0.2) is 12.2 Å². The second-order valence-corrected chi connectivity index (χ2v) is 8.58. The molecule has 0 aliphatic carbocycles. The number of carbonyl (C=O) groups is 2. The van der Waals surface area contributed by atoms with E-state index < -0.39 is 11.9 Å². The van der Waals surface area contributed by atoms with Gasteiger partial charge in [0.2, 0.25) is 0 Å². The lowest BCUT2D eigenvalue weighted by Gasteiger charge is -2.14. The van der Waals surface area contributed by atoms with E-state index in [-0.39, 0.29) is 6.10 Å². The summed E-state index contributed by atoms with van der Waals surface area (Å²) < 4.78 is 5.29. The standard InChI is InChI=1S/C26H48O4/c1-3-5-6-7-8-9-10-11-12-13-14-15-16-17-18-19-20-21-24(4-2)30-26(29)23-22-25(27)28/h22-24H,3-21H2,1-2H3,(H,27,28)/b23-22+. The van der Waals surface area contributed by atoms with Gasteiger partial charge in [0.15, 0.2) is 0 Å². The van der Waals surface area contributed by atoms with Crippen molar-refractivity contribution < 1.29 is 19.4 Å². The van der Waals surface area contributed by atoms with Crippen LogP contribution in [0, 0.1) is 0 Å². The summed E-state index contributed by atoms with van der Waals surface area (Å²) in [5, 5.41) is 8.53. The number of hydrogen-bond donors (Lipinski definition) is 1. The Kier molecular flexibility index (Phi) is 21.4. The normalized spacial score (nSPS) is 12.3. The van der Waals surface area contributed by atoms with Crippen molar-refractivity contribution in [1.29, 1.82) is 0 Å². The third kappa shape index (κ3) is 21.4. The van der Waals surface area contributed by atoms with Crippen LogP contribution in [0.2, 0.25) is 0 Å². The number of carbonyl (C=O) groups excluding carboxylic acids is 1. The average molecular weight is 425 g/mol. The van der Waals surface area contributed by atoms with Crippen LogP contribution in [-0.4, -0.2) is 23.1 Å². The van der Waals surface area contributed by atoms with E-state index in [1.807, 2.05) is 6.92 Å². The number of hydrogen-bond acceptors (Lipinski definition) is 3. The maximum absolute atomic E-state index is 11.5. The molecule has 0 aromatic rings. The van der Waals surface area contributed by atoms with E-state index in [4.69, 9.17) is 9.84 Å². The minimum Gasteiger partial charge on any atom is -0.478 e. The number of unbranched alkanes of at least 4 members (excludes halogenated alkanes) is 16. The fourth-order valence-corrected chi connectivity index (χ4v) is 3.79. The largest absolute Gasteiger partial charge is 0.478 e. The minimum atomic E-state index is -1.13. The van der Waals surface area contributed by atoms with Gasteiger partial charge in [-0.3, -0.25) is 0 Å². The lowest BCUT2D eigenvalue weighted by Crippen LogP contribution is -2.16. The van der Waals surface area contributed by atoms with Crippen molar-refractivity contribution in [3.8, 4) is 0 Å². The predicted molar refractivity (Wildman–Crippen MR) is 126 cm³/mol. The maximum atomic E-state index is 11.5. The van der Waals surface area contributed by atoms with Crippen LogP contribution < -0.4 is 0 Å². The molecule has 0 bridgehead atoms. The van der Waals surface area contributed by atoms with Gasteiger partial charge >= 0.3 is 11.9 Å². The number of aliphatic carboxylic acids is 1. The molecule has 0 amide bonds. The third-order valence-corrected chi connectivity index (χ3v) is 5.73. The SMILES string of the molecule is CCCCCCCCCCCCCCCCCCCC(CC)OC(=O)/C=C/C(=O)O. The number of rotatable bonds is 22. The summed E-state index contributed by atoms with van der Waals surface area (Å²) in [5.41, 5.74) is 0. The van der Waals surface area contributed by atoms with Crippen molar-refractivity contribution >= 4 is 11.9 Å². The number of carboxylic acid groups (broad SMARTS) is 1. The number of esters is 1. The molecule has 4 heteroatoms. The highest BCUT2D eigenvalue weighted by atomic mass is 16.5. The van der Waals surface area contributed by atoms with Gasteiger partial charge in [0.25, 0.3) is 0 Å². The van der Waals surface area contributed by atoms with Gasteiger partial charge in [-0.05, 0) is 19.3 Å². The molecule has 0 saturated carbocycles. The predicted octanol–water partition coefficient (Wildman–Crippen LogP) is 7.99. The lowest BCUT2D eigenvalue weighted by molar-refractivity contribution is -0.144. The zero-order chi connectivity index (χ0) is 22.3. The second-order valence-electron chi connectivity index (χ2n) is 8.58. The molecule has 0 spiro atoms. The molecular formula is C26H48O4. The van der Waals surface area contributed by atoms with E-state index >= 15 is 0 Å². The summed E-state index contributed by atoms with van der Waals surface area (Å²) in [7, 11) is 0. The van der Waals surface area contributed by atoms with Crippen molar-refractivity contribution in [3.05, 3.63) is 12.2 Å². The maximum Gasteiger partial charge on any atom is 0.331 e. The molecule has 1 N–H and O–H groups in total. The van der Waals surface area contributed by atoms with Gasteiger partial charge in [-0.15, -0.1) is 0 Å². The minimum absolute atomic E-state index is 0.104. The molecule has 1 unspecified atom stereocenters. The van der Waals surface area contributed by atoms with E-state index in [9.17, 15) is 9.59 Å². The van der Waals surface area contributed by atoms with Crippen LogP contribution in [0.4, 0.5) is 0 Å². The van der Waals surface area contributed by atoms with Crippen molar-refractivity contribution in [2.45, 2.75) is 142 Å². The summed E-state index contributed by atoms with van der Waals surface area (Å²) >= 11 is 0. The molecule has 0 aliphatic rings. The highest BCUT2D eigenvalue weighted by Gasteiger charge is 2.10. The van der Waals surface area contributed by atoms with Crippen LogP contribution >= 0.6 is 0 Å². The second kappa shape index (κ2) is 22.4. The molecule has 4 nitrogen and oxygen atoms in total. The topological polar surface area (TPSA) is 63.6 Å². The third-order valence-electron chi connectivity index (χ3n) is 5.73. The summed E-state index contributed by atoms with van der Waals surface area (Å²) in [6, 6.07) is 0. The fourth-order valence-electron chi connectivity index (χ4n) is 3.79. The molecule has 0 heterocycles. The van der Waals surface area contributed by atoms with Crippen molar-refractivity contribution in [2.24, 2.45) is 0 Å². The fraction of sp³-hybridized carbons (Fsp3) is 0.846. The van der Waals surface area contributed by atoms with Gasteiger partial charge in [0.05, 0.1) is 0 Å². The Morgan fingerprint density at radius 3 is 1.43 bits per heavy atom. The Morgan fingerprint density at radius 2 is 1.07 bits per heavy atom. The highest BCUT2D eigenvalue weighted by molar-refractivity contribution is 5.90. The van der Waals surface area contributed by atoms with Crippen LogP contribution in [0.3, 0.4) is 0 Å². The van der Waals surface area contributed by atoms with Gasteiger partial charge in [-0.2, -0.15) is 0 Å². The van der Waals surface area contributed by atoms with Crippen molar-refractivity contribution in [1.82, 2.24) is 0 Å². The summed E-state index contributed by atoms with van der Waals surface area (Å²) in [6.45, 7) is 4.27. The van der Waals surface area contributed by atoms with Gasteiger partial charge < -0.3 is 9.84 Å². The molecule has 0 rings (SSSR count). The molecule has 176 valence electrons. The molecule has 0 aromatic carbocycles. The van der Waals surface area contributed by atoms with Crippen LogP contribution in [-0.2, 0) is 14.3 Å². The Hall–Kier alpha value is -1.32. The zero-order valence-electron chi connectivity index (χ0n) is 19.8. The molecule has 0 saturated heterocycles. The van der Waals surface area contributed by atoms with Gasteiger partial charge in [0, 0.05) is 12.2 Å². The zero-order valence-corrected chi connectivity index (χ0v) is 19.8. The van der Waals surface area contributed by atoms with E-state index in [0.29, 0.717) is 0 Å². The molecule has 0 aliphatic heterocycles. The lowest BCUT2D eigenvalue weighted by atomic mass is 10.0. The molecule has 1 atom stereocenters. The molecule has 0 aromatic heterocycles. The highest BCUT2D eigenvalue weighted by Crippen LogP contribution is 2.15. The monoisotopic (exact) mass is 424 g/mol. The van der Waals surface area contributed by atoms with E-state index in [1.165, 1.54) is 103 Å².